The van der Waals surface area contributed by atoms with E-state index in [2.05, 4.69) is 27.2 Å². The Labute approximate surface area is 117 Å². The van der Waals surface area contributed by atoms with Crippen LogP contribution in [-0.2, 0) is 0 Å². The van der Waals surface area contributed by atoms with E-state index >= 15 is 0 Å². The SMILES string of the molecule is Cc1csc(C(C)Nc2cc(OC(C)C)ncn2)n1. The van der Waals surface area contributed by atoms with Crippen LogP contribution >= 0.6 is 11.3 Å². The lowest BCUT2D eigenvalue weighted by Crippen LogP contribution is -2.10. The zero-order valence-corrected chi connectivity index (χ0v) is 12.4. The summed E-state index contributed by atoms with van der Waals surface area (Å²) in [5.74, 6) is 1.32. The second-order valence-electron chi connectivity index (χ2n) is 4.60. The molecule has 0 aliphatic carbocycles. The Bertz CT molecular complexity index is 541. The average Bonchev–Trinajstić information content (AvgIpc) is 2.75. The number of aryl methyl sites for hydroxylation is 1. The molecule has 1 unspecified atom stereocenters. The highest BCUT2D eigenvalue weighted by atomic mass is 32.1. The van der Waals surface area contributed by atoms with Crippen LogP contribution in [0.2, 0.25) is 0 Å². The largest absolute Gasteiger partial charge is 0.475 e. The van der Waals surface area contributed by atoms with E-state index in [1.54, 1.807) is 17.4 Å². The van der Waals surface area contributed by atoms with Crippen LogP contribution < -0.4 is 10.1 Å². The summed E-state index contributed by atoms with van der Waals surface area (Å²) < 4.78 is 5.54. The van der Waals surface area contributed by atoms with Gasteiger partial charge in [-0.3, -0.25) is 0 Å². The van der Waals surface area contributed by atoms with Gasteiger partial charge in [0.15, 0.2) is 0 Å². The van der Waals surface area contributed by atoms with Crippen LogP contribution in [0.1, 0.15) is 37.5 Å². The summed E-state index contributed by atoms with van der Waals surface area (Å²) >= 11 is 1.64. The molecule has 0 spiro atoms. The van der Waals surface area contributed by atoms with Crippen LogP contribution in [0.5, 0.6) is 5.88 Å². The molecule has 0 amide bonds. The van der Waals surface area contributed by atoms with Gasteiger partial charge < -0.3 is 10.1 Å². The predicted octanol–water partition coefficient (Wildman–Crippen LogP) is 3.20. The molecule has 6 heteroatoms. The highest BCUT2D eigenvalue weighted by Gasteiger charge is 2.10. The maximum atomic E-state index is 5.54. The number of rotatable bonds is 5. The minimum absolute atomic E-state index is 0.0989. The second kappa shape index (κ2) is 5.97. The standard InChI is InChI=1S/C13H18N4OS/c1-8(2)18-12-5-11(14-7-15-12)17-10(4)13-16-9(3)6-19-13/h5-8,10H,1-4H3,(H,14,15,17). The third-order valence-corrected chi connectivity index (χ3v) is 3.52. The van der Waals surface area contributed by atoms with Crippen molar-refractivity contribution in [1.82, 2.24) is 15.0 Å². The molecule has 5 nitrogen and oxygen atoms in total. The van der Waals surface area contributed by atoms with Crippen molar-refractivity contribution < 1.29 is 4.74 Å². The molecule has 0 fully saturated rings. The maximum absolute atomic E-state index is 5.54. The van der Waals surface area contributed by atoms with Crippen LogP contribution in [0.25, 0.3) is 0 Å². The summed E-state index contributed by atoms with van der Waals surface area (Å²) in [4.78, 5) is 12.7. The Balaban J connectivity index is 2.06. The molecule has 0 aromatic carbocycles. The van der Waals surface area contributed by atoms with Gasteiger partial charge in [-0.25, -0.2) is 15.0 Å². The Morgan fingerprint density at radius 1 is 1.26 bits per heavy atom. The van der Waals surface area contributed by atoms with E-state index in [0.29, 0.717) is 5.88 Å². The van der Waals surface area contributed by atoms with Gasteiger partial charge in [0.05, 0.1) is 12.1 Å². The highest BCUT2D eigenvalue weighted by molar-refractivity contribution is 7.09. The predicted molar refractivity (Wildman–Crippen MR) is 76.7 cm³/mol. The lowest BCUT2D eigenvalue weighted by atomic mass is 10.3. The van der Waals surface area contributed by atoms with Crippen molar-refractivity contribution in [3.05, 3.63) is 28.5 Å². The van der Waals surface area contributed by atoms with Crippen molar-refractivity contribution in [3.8, 4) is 5.88 Å². The van der Waals surface area contributed by atoms with E-state index in [0.717, 1.165) is 16.5 Å². The van der Waals surface area contributed by atoms with Gasteiger partial charge in [0.25, 0.3) is 0 Å². The molecular weight excluding hydrogens is 260 g/mol. The molecule has 0 aliphatic rings. The van der Waals surface area contributed by atoms with Gasteiger partial charge >= 0.3 is 0 Å². The molecular formula is C13H18N4OS. The van der Waals surface area contributed by atoms with Crippen molar-refractivity contribution in [2.45, 2.75) is 39.8 Å². The Morgan fingerprint density at radius 3 is 2.68 bits per heavy atom. The van der Waals surface area contributed by atoms with E-state index in [9.17, 15) is 0 Å². The average molecular weight is 278 g/mol. The summed E-state index contributed by atoms with van der Waals surface area (Å²) in [6.45, 7) is 7.99. The monoisotopic (exact) mass is 278 g/mol. The van der Waals surface area contributed by atoms with E-state index in [4.69, 9.17) is 4.74 Å². The summed E-state index contributed by atoms with van der Waals surface area (Å²) in [6.07, 6.45) is 1.60. The lowest BCUT2D eigenvalue weighted by Gasteiger charge is -2.13. The molecule has 102 valence electrons. The fourth-order valence-electron chi connectivity index (χ4n) is 1.58. The van der Waals surface area contributed by atoms with E-state index in [1.165, 1.54) is 6.33 Å². The number of nitrogens with zero attached hydrogens (tertiary/aromatic N) is 3. The smallest absolute Gasteiger partial charge is 0.218 e. The Morgan fingerprint density at radius 2 is 2.05 bits per heavy atom. The van der Waals surface area contributed by atoms with E-state index in [1.807, 2.05) is 26.2 Å². The molecule has 0 radical (unpaired) electrons. The normalized spacial score (nSPS) is 12.5. The summed E-state index contributed by atoms with van der Waals surface area (Å²) in [5, 5.41) is 6.39. The fraction of sp³-hybridized carbons (Fsp3) is 0.462. The first kappa shape index (κ1) is 13.7. The number of anilines is 1. The second-order valence-corrected chi connectivity index (χ2v) is 5.49. The summed E-state index contributed by atoms with van der Waals surface area (Å²) in [6, 6.07) is 1.91. The molecule has 2 rings (SSSR count). The van der Waals surface area contributed by atoms with Gasteiger partial charge in [-0.1, -0.05) is 0 Å². The van der Waals surface area contributed by atoms with Crippen molar-refractivity contribution in [2.24, 2.45) is 0 Å². The van der Waals surface area contributed by atoms with Crippen molar-refractivity contribution in [1.29, 1.82) is 0 Å². The molecule has 1 N–H and O–H groups in total. The van der Waals surface area contributed by atoms with Gasteiger partial charge in [0, 0.05) is 17.1 Å². The molecule has 0 aliphatic heterocycles. The van der Waals surface area contributed by atoms with Crippen LogP contribution in [0.3, 0.4) is 0 Å². The summed E-state index contributed by atoms with van der Waals surface area (Å²) in [5.41, 5.74) is 1.04. The number of aromatic nitrogens is 3. The third kappa shape index (κ3) is 3.89. The van der Waals surface area contributed by atoms with Gasteiger partial charge in [-0.2, -0.15) is 0 Å². The van der Waals surface area contributed by atoms with Crippen LogP contribution in [0.4, 0.5) is 5.82 Å². The molecule has 0 saturated heterocycles. The van der Waals surface area contributed by atoms with Crippen LogP contribution in [0, 0.1) is 6.92 Å². The van der Waals surface area contributed by atoms with Gasteiger partial charge in [0.1, 0.15) is 17.2 Å². The molecule has 1 atom stereocenters. The number of ether oxygens (including phenoxy) is 1. The molecule has 2 aromatic rings. The first-order valence-corrected chi connectivity index (χ1v) is 7.10. The van der Waals surface area contributed by atoms with Crippen LogP contribution in [-0.4, -0.2) is 21.1 Å². The Hall–Kier alpha value is -1.69. The number of thiazole rings is 1. The van der Waals surface area contributed by atoms with Crippen LogP contribution in [0.15, 0.2) is 17.8 Å². The summed E-state index contributed by atoms with van der Waals surface area (Å²) in [7, 11) is 0. The van der Waals surface area contributed by atoms with E-state index < -0.39 is 0 Å². The minimum Gasteiger partial charge on any atom is -0.475 e. The first-order chi connectivity index (χ1) is 9.04. The zero-order valence-electron chi connectivity index (χ0n) is 11.5. The minimum atomic E-state index is 0.0989. The number of hydrogen-bond donors (Lipinski definition) is 1. The van der Waals surface area contributed by atoms with Crippen molar-refractivity contribution >= 4 is 17.2 Å². The first-order valence-electron chi connectivity index (χ1n) is 6.22. The molecule has 0 bridgehead atoms. The van der Waals surface area contributed by atoms with E-state index in [-0.39, 0.29) is 12.1 Å². The van der Waals surface area contributed by atoms with Crippen molar-refractivity contribution in [3.63, 3.8) is 0 Å². The maximum Gasteiger partial charge on any atom is 0.218 e. The highest BCUT2D eigenvalue weighted by Crippen LogP contribution is 2.22. The number of hydrogen-bond acceptors (Lipinski definition) is 6. The van der Waals surface area contributed by atoms with Gasteiger partial charge in [-0.05, 0) is 27.7 Å². The zero-order chi connectivity index (χ0) is 13.8. The molecule has 2 heterocycles. The Kier molecular flexibility index (Phi) is 4.31. The molecule has 0 saturated carbocycles. The molecule has 2 aromatic heterocycles. The van der Waals surface area contributed by atoms with Crippen molar-refractivity contribution in [2.75, 3.05) is 5.32 Å². The lowest BCUT2D eigenvalue weighted by molar-refractivity contribution is 0.232. The topological polar surface area (TPSA) is 59.9 Å². The quantitative estimate of drug-likeness (QED) is 0.910. The third-order valence-electron chi connectivity index (χ3n) is 2.37. The molecule has 19 heavy (non-hydrogen) atoms. The fourth-order valence-corrected chi connectivity index (χ4v) is 2.38. The van der Waals surface area contributed by atoms with Gasteiger partial charge in [0.2, 0.25) is 5.88 Å². The van der Waals surface area contributed by atoms with Gasteiger partial charge in [-0.15, -0.1) is 11.3 Å². The number of nitrogens with one attached hydrogen (secondary N) is 1.